The Labute approximate surface area is 117 Å². The first-order chi connectivity index (χ1) is 8.75. The first-order valence-corrected chi connectivity index (χ1v) is 7.72. The predicted octanol–water partition coefficient (Wildman–Crippen LogP) is 3.59. The van der Waals surface area contributed by atoms with Gasteiger partial charge in [0, 0.05) is 23.3 Å². The number of anilines is 2. The van der Waals surface area contributed by atoms with Crippen LogP contribution in [0.1, 0.15) is 38.5 Å². The van der Waals surface area contributed by atoms with Crippen LogP contribution in [0.2, 0.25) is 0 Å². The molecule has 3 rings (SSSR count). The van der Waals surface area contributed by atoms with E-state index in [2.05, 4.69) is 25.8 Å². The van der Waals surface area contributed by atoms with Crippen molar-refractivity contribution in [1.29, 1.82) is 0 Å². The Morgan fingerprint density at radius 2 is 2.00 bits per heavy atom. The fourth-order valence-corrected chi connectivity index (χ4v) is 3.92. The minimum Gasteiger partial charge on any atom is -0.396 e. The van der Waals surface area contributed by atoms with Crippen LogP contribution in [0.3, 0.4) is 0 Å². The Balaban J connectivity index is 1.85. The lowest BCUT2D eigenvalue weighted by Crippen LogP contribution is -2.35. The number of nitrogens with two attached hydrogens (primary N) is 1. The van der Waals surface area contributed by atoms with Crippen molar-refractivity contribution in [2.75, 3.05) is 17.2 Å². The molecule has 4 heteroatoms. The number of aromatic nitrogens is 1. The van der Waals surface area contributed by atoms with E-state index in [1.54, 1.807) is 0 Å². The summed E-state index contributed by atoms with van der Waals surface area (Å²) in [6.45, 7) is 1.11. The molecular weight excluding hydrogens is 290 g/mol. The summed E-state index contributed by atoms with van der Waals surface area (Å²) in [5.41, 5.74) is 6.93. The number of nitrogens with zero attached hydrogens (tertiary/aromatic N) is 2. The SMILES string of the molecule is Nc1cc(Br)cnc1N1CCCC1C1CCCC1. The van der Waals surface area contributed by atoms with Crippen molar-refractivity contribution in [2.45, 2.75) is 44.6 Å². The van der Waals surface area contributed by atoms with E-state index in [9.17, 15) is 0 Å². The highest BCUT2D eigenvalue weighted by Gasteiger charge is 2.34. The van der Waals surface area contributed by atoms with Crippen LogP contribution in [-0.4, -0.2) is 17.6 Å². The molecule has 0 bridgehead atoms. The van der Waals surface area contributed by atoms with Crippen LogP contribution in [0.15, 0.2) is 16.7 Å². The maximum absolute atomic E-state index is 6.13. The number of nitrogen functional groups attached to an aromatic ring is 1. The summed E-state index contributed by atoms with van der Waals surface area (Å²) < 4.78 is 0.959. The summed E-state index contributed by atoms with van der Waals surface area (Å²) in [4.78, 5) is 6.99. The second kappa shape index (κ2) is 5.08. The predicted molar refractivity (Wildman–Crippen MR) is 78.7 cm³/mol. The Hall–Kier alpha value is -0.770. The Morgan fingerprint density at radius 1 is 1.22 bits per heavy atom. The van der Waals surface area contributed by atoms with Crippen LogP contribution < -0.4 is 10.6 Å². The number of hydrogen-bond donors (Lipinski definition) is 1. The second-order valence-electron chi connectivity index (χ2n) is 5.51. The molecule has 1 saturated carbocycles. The van der Waals surface area contributed by atoms with Gasteiger partial charge in [-0.25, -0.2) is 4.98 Å². The summed E-state index contributed by atoms with van der Waals surface area (Å²) in [6, 6.07) is 2.63. The van der Waals surface area contributed by atoms with Crippen molar-refractivity contribution >= 4 is 27.4 Å². The highest BCUT2D eigenvalue weighted by molar-refractivity contribution is 9.10. The molecule has 0 aromatic carbocycles. The molecule has 1 aliphatic carbocycles. The molecule has 98 valence electrons. The van der Waals surface area contributed by atoms with Crippen LogP contribution in [-0.2, 0) is 0 Å². The van der Waals surface area contributed by atoms with Gasteiger partial charge in [-0.1, -0.05) is 12.8 Å². The highest BCUT2D eigenvalue weighted by atomic mass is 79.9. The Morgan fingerprint density at radius 3 is 2.72 bits per heavy atom. The van der Waals surface area contributed by atoms with E-state index in [4.69, 9.17) is 5.73 Å². The van der Waals surface area contributed by atoms with Gasteiger partial charge in [-0.3, -0.25) is 0 Å². The number of pyridine rings is 1. The highest BCUT2D eigenvalue weighted by Crippen LogP contribution is 2.38. The van der Waals surface area contributed by atoms with Crippen molar-refractivity contribution in [3.05, 3.63) is 16.7 Å². The number of rotatable bonds is 2. The molecule has 1 aliphatic heterocycles. The molecule has 1 aromatic heterocycles. The molecule has 1 aromatic rings. The molecule has 1 saturated heterocycles. The number of hydrogen-bond acceptors (Lipinski definition) is 3. The fraction of sp³-hybridized carbons (Fsp3) is 0.643. The average molecular weight is 310 g/mol. The van der Waals surface area contributed by atoms with Crippen LogP contribution in [0, 0.1) is 5.92 Å². The van der Waals surface area contributed by atoms with Gasteiger partial charge in [-0.2, -0.15) is 0 Å². The monoisotopic (exact) mass is 309 g/mol. The van der Waals surface area contributed by atoms with Crippen LogP contribution in [0.5, 0.6) is 0 Å². The molecule has 3 nitrogen and oxygen atoms in total. The third-order valence-electron chi connectivity index (χ3n) is 4.38. The zero-order valence-electron chi connectivity index (χ0n) is 10.6. The lowest BCUT2D eigenvalue weighted by Gasteiger charge is -2.31. The standard InChI is InChI=1S/C14H20BrN3/c15-11-8-12(16)14(17-9-11)18-7-3-6-13(18)10-4-1-2-5-10/h8-10,13H,1-7,16H2. The van der Waals surface area contributed by atoms with Gasteiger partial charge in [-0.15, -0.1) is 0 Å². The molecule has 0 radical (unpaired) electrons. The molecule has 2 N–H and O–H groups in total. The summed E-state index contributed by atoms with van der Waals surface area (Å²) in [7, 11) is 0. The Kier molecular flexibility index (Phi) is 3.46. The summed E-state index contributed by atoms with van der Waals surface area (Å²) in [5, 5.41) is 0. The van der Waals surface area contributed by atoms with Gasteiger partial charge < -0.3 is 10.6 Å². The molecule has 18 heavy (non-hydrogen) atoms. The lowest BCUT2D eigenvalue weighted by atomic mass is 9.96. The van der Waals surface area contributed by atoms with E-state index in [1.807, 2.05) is 12.3 Å². The first kappa shape index (κ1) is 12.3. The molecule has 1 unspecified atom stereocenters. The third-order valence-corrected chi connectivity index (χ3v) is 4.81. The number of halogens is 1. The maximum atomic E-state index is 6.13. The van der Waals surface area contributed by atoms with Crippen molar-refractivity contribution in [1.82, 2.24) is 4.98 Å². The molecule has 0 amide bonds. The first-order valence-electron chi connectivity index (χ1n) is 6.93. The zero-order valence-corrected chi connectivity index (χ0v) is 12.2. The topological polar surface area (TPSA) is 42.1 Å². The van der Waals surface area contributed by atoms with Crippen molar-refractivity contribution in [2.24, 2.45) is 5.92 Å². The van der Waals surface area contributed by atoms with E-state index < -0.39 is 0 Å². The average Bonchev–Trinajstić information content (AvgIpc) is 2.98. The minimum atomic E-state index is 0.670. The van der Waals surface area contributed by atoms with Gasteiger partial charge >= 0.3 is 0 Å². The maximum Gasteiger partial charge on any atom is 0.152 e. The van der Waals surface area contributed by atoms with Crippen LogP contribution in [0.4, 0.5) is 11.5 Å². The van der Waals surface area contributed by atoms with Gasteiger partial charge in [0.15, 0.2) is 5.82 Å². The van der Waals surface area contributed by atoms with E-state index in [1.165, 1.54) is 38.5 Å². The molecule has 2 heterocycles. The van der Waals surface area contributed by atoms with Crippen molar-refractivity contribution in [3.63, 3.8) is 0 Å². The van der Waals surface area contributed by atoms with Gasteiger partial charge in [0.2, 0.25) is 0 Å². The summed E-state index contributed by atoms with van der Waals surface area (Å²) >= 11 is 3.43. The van der Waals surface area contributed by atoms with Crippen LogP contribution >= 0.6 is 15.9 Å². The smallest absolute Gasteiger partial charge is 0.152 e. The van der Waals surface area contributed by atoms with Gasteiger partial charge in [0.05, 0.1) is 5.69 Å². The van der Waals surface area contributed by atoms with E-state index in [0.717, 1.165) is 28.4 Å². The van der Waals surface area contributed by atoms with Gasteiger partial charge in [-0.05, 0) is 53.6 Å². The van der Waals surface area contributed by atoms with Crippen LogP contribution in [0.25, 0.3) is 0 Å². The summed E-state index contributed by atoms with van der Waals surface area (Å²) in [6.07, 6.45) is 10.0. The van der Waals surface area contributed by atoms with E-state index >= 15 is 0 Å². The second-order valence-corrected chi connectivity index (χ2v) is 6.43. The third kappa shape index (κ3) is 2.22. The normalized spacial score (nSPS) is 24.9. The molecular formula is C14H20BrN3. The van der Waals surface area contributed by atoms with E-state index in [-0.39, 0.29) is 0 Å². The fourth-order valence-electron chi connectivity index (χ4n) is 3.58. The van der Waals surface area contributed by atoms with Gasteiger partial charge in [0.25, 0.3) is 0 Å². The quantitative estimate of drug-likeness (QED) is 0.908. The molecule has 2 fully saturated rings. The summed E-state index contributed by atoms with van der Waals surface area (Å²) in [5.74, 6) is 1.85. The van der Waals surface area contributed by atoms with Crippen molar-refractivity contribution < 1.29 is 0 Å². The van der Waals surface area contributed by atoms with E-state index in [0.29, 0.717) is 6.04 Å². The van der Waals surface area contributed by atoms with Crippen molar-refractivity contribution in [3.8, 4) is 0 Å². The Bertz CT molecular complexity index is 429. The largest absolute Gasteiger partial charge is 0.396 e. The zero-order chi connectivity index (χ0) is 12.5. The van der Waals surface area contributed by atoms with Gasteiger partial charge in [0.1, 0.15) is 0 Å². The molecule has 1 atom stereocenters. The molecule has 2 aliphatic rings. The minimum absolute atomic E-state index is 0.670. The molecule has 0 spiro atoms. The lowest BCUT2D eigenvalue weighted by molar-refractivity contribution is 0.429.